The first-order chi connectivity index (χ1) is 7.67. The zero-order valence-electron chi connectivity index (χ0n) is 9.52. The fourth-order valence-corrected chi connectivity index (χ4v) is 1.57. The van der Waals surface area contributed by atoms with Crippen LogP contribution >= 0.6 is 0 Å². The van der Waals surface area contributed by atoms with Crippen LogP contribution in [-0.4, -0.2) is 18.0 Å². The third kappa shape index (κ3) is 3.44. The summed E-state index contributed by atoms with van der Waals surface area (Å²) in [5, 5.41) is 0. The van der Waals surface area contributed by atoms with Crippen LogP contribution in [0.1, 0.15) is 5.56 Å². The van der Waals surface area contributed by atoms with Gasteiger partial charge in [-0.2, -0.15) is 0 Å². The van der Waals surface area contributed by atoms with E-state index in [0.717, 1.165) is 30.9 Å². The Morgan fingerprint density at radius 3 is 2.25 bits per heavy atom. The van der Waals surface area contributed by atoms with Gasteiger partial charge in [-0.15, -0.1) is 13.2 Å². The fraction of sp³-hybridized carbons (Fsp3) is 0.231. The predicted molar refractivity (Wildman–Crippen MR) is 70.9 cm³/mol. The lowest BCUT2D eigenvalue weighted by Crippen LogP contribution is -2.23. The van der Waals surface area contributed by atoms with Gasteiger partial charge in [0.2, 0.25) is 0 Å². The lowest BCUT2D eigenvalue weighted by atomic mass is 10.1. The van der Waals surface area contributed by atoms with Crippen LogP contribution in [0.3, 0.4) is 0 Å². The molecule has 0 saturated heterocycles. The van der Waals surface area contributed by atoms with Crippen molar-refractivity contribution in [2.45, 2.75) is 6.54 Å². The molecule has 3 heteroatoms. The van der Waals surface area contributed by atoms with E-state index in [0.29, 0.717) is 5.69 Å². The molecule has 1 rings (SSSR count). The lowest BCUT2D eigenvalue weighted by Gasteiger charge is -2.19. The van der Waals surface area contributed by atoms with Gasteiger partial charge in [-0.1, -0.05) is 18.2 Å². The molecule has 4 N–H and O–H groups in total. The average Bonchev–Trinajstić information content (AvgIpc) is 2.23. The summed E-state index contributed by atoms with van der Waals surface area (Å²) in [5.74, 6) is 0. The van der Waals surface area contributed by atoms with E-state index in [4.69, 9.17) is 11.5 Å². The molecule has 0 unspecified atom stereocenters. The van der Waals surface area contributed by atoms with Gasteiger partial charge < -0.3 is 11.5 Å². The van der Waals surface area contributed by atoms with E-state index in [1.54, 1.807) is 6.07 Å². The number of nitrogens with two attached hydrogens (primary N) is 2. The van der Waals surface area contributed by atoms with Crippen LogP contribution in [0.5, 0.6) is 0 Å². The van der Waals surface area contributed by atoms with Crippen molar-refractivity contribution >= 4 is 11.4 Å². The quantitative estimate of drug-likeness (QED) is 0.566. The minimum Gasteiger partial charge on any atom is -0.399 e. The molecule has 0 saturated carbocycles. The highest BCUT2D eigenvalue weighted by Gasteiger charge is 2.05. The van der Waals surface area contributed by atoms with Crippen LogP contribution < -0.4 is 11.5 Å². The molecule has 86 valence electrons. The van der Waals surface area contributed by atoms with E-state index in [2.05, 4.69) is 18.1 Å². The van der Waals surface area contributed by atoms with E-state index in [-0.39, 0.29) is 0 Å². The highest BCUT2D eigenvalue weighted by Crippen LogP contribution is 2.17. The number of benzene rings is 1. The van der Waals surface area contributed by atoms with Crippen molar-refractivity contribution in [2.24, 2.45) is 0 Å². The third-order valence-corrected chi connectivity index (χ3v) is 2.34. The van der Waals surface area contributed by atoms with Crippen LogP contribution in [-0.2, 0) is 6.54 Å². The molecule has 1 aromatic carbocycles. The number of nitrogens with zero attached hydrogens (tertiary/aromatic N) is 1. The molecule has 0 aliphatic heterocycles. The second-order valence-electron chi connectivity index (χ2n) is 3.73. The first kappa shape index (κ1) is 12.3. The SMILES string of the molecule is C=CCN(CC=C)Cc1ccc(N)cc1N. The molecule has 3 nitrogen and oxygen atoms in total. The van der Waals surface area contributed by atoms with Gasteiger partial charge in [-0.25, -0.2) is 0 Å². The summed E-state index contributed by atoms with van der Waals surface area (Å²) >= 11 is 0. The van der Waals surface area contributed by atoms with Gasteiger partial charge in [0.05, 0.1) is 0 Å². The van der Waals surface area contributed by atoms with Crippen LogP contribution in [0.25, 0.3) is 0 Å². The van der Waals surface area contributed by atoms with E-state index in [9.17, 15) is 0 Å². The van der Waals surface area contributed by atoms with Crippen molar-refractivity contribution < 1.29 is 0 Å². The molecule has 0 aromatic heterocycles. The Balaban J connectivity index is 2.75. The zero-order valence-corrected chi connectivity index (χ0v) is 9.52. The number of hydrogen-bond donors (Lipinski definition) is 2. The second-order valence-corrected chi connectivity index (χ2v) is 3.73. The monoisotopic (exact) mass is 217 g/mol. The third-order valence-electron chi connectivity index (χ3n) is 2.34. The maximum atomic E-state index is 5.90. The largest absolute Gasteiger partial charge is 0.399 e. The summed E-state index contributed by atoms with van der Waals surface area (Å²) in [6, 6.07) is 5.62. The minimum atomic E-state index is 0.695. The topological polar surface area (TPSA) is 55.3 Å². The maximum Gasteiger partial charge on any atom is 0.0380 e. The van der Waals surface area contributed by atoms with Gasteiger partial charge >= 0.3 is 0 Å². The van der Waals surface area contributed by atoms with Gasteiger partial charge in [0, 0.05) is 31.0 Å². The first-order valence-electron chi connectivity index (χ1n) is 5.25. The molecule has 16 heavy (non-hydrogen) atoms. The van der Waals surface area contributed by atoms with Crippen LogP contribution in [0.2, 0.25) is 0 Å². The van der Waals surface area contributed by atoms with Gasteiger partial charge in [0.25, 0.3) is 0 Å². The van der Waals surface area contributed by atoms with Crippen molar-refractivity contribution in [1.82, 2.24) is 4.90 Å². The highest BCUT2D eigenvalue weighted by atomic mass is 15.1. The van der Waals surface area contributed by atoms with Crippen molar-refractivity contribution in [3.05, 3.63) is 49.1 Å². The molecule has 0 spiro atoms. The molecule has 0 atom stereocenters. The molecule has 0 aliphatic carbocycles. The molecule has 0 bridgehead atoms. The van der Waals surface area contributed by atoms with Crippen molar-refractivity contribution in [1.29, 1.82) is 0 Å². The number of rotatable bonds is 6. The van der Waals surface area contributed by atoms with Crippen molar-refractivity contribution in [3.63, 3.8) is 0 Å². The Labute approximate surface area is 97.0 Å². The van der Waals surface area contributed by atoms with Gasteiger partial charge in [-0.05, 0) is 17.7 Å². The number of nitrogen functional groups attached to an aromatic ring is 2. The fourth-order valence-electron chi connectivity index (χ4n) is 1.57. The summed E-state index contributed by atoms with van der Waals surface area (Å²) in [6.45, 7) is 9.88. The number of hydrogen-bond acceptors (Lipinski definition) is 3. The van der Waals surface area contributed by atoms with Gasteiger partial charge in [0.15, 0.2) is 0 Å². The van der Waals surface area contributed by atoms with Crippen LogP contribution in [0, 0.1) is 0 Å². The molecule has 1 aromatic rings. The molecule has 0 aliphatic rings. The summed E-state index contributed by atoms with van der Waals surface area (Å²) in [6.07, 6.45) is 3.74. The van der Waals surface area contributed by atoms with Crippen molar-refractivity contribution in [2.75, 3.05) is 24.6 Å². The molecule has 0 radical (unpaired) electrons. The Hall–Kier alpha value is -1.74. The van der Waals surface area contributed by atoms with Gasteiger partial charge in [0.1, 0.15) is 0 Å². The Bertz CT molecular complexity index is 361. The second kappa shape index (κ2) is 5.98. The van der Waals surface area contributed by atoms with E-state index in [1.807, 2.05) is 24.3 Å². The van der Waals surface area contributed by atoms with E-state index in [1.165, 1.54) is 0 Å². The Kier molecular flexibility index (Phi) is 4.61. The Morgan fingerprint density at radius 2 is 1.75 bits per heavy atom. The molecular weight excluding hydrogens is 198 g/mol. The van der Waals surface area contributed by atoms with E-state index >= 15 is 0 Å². The summed E-state index contributed by atoms with van der Waals surface area (Å²) < 4.78 is 0. The maximum absolute atomic E-state index is 5.90. The Morgan fingerprint density at radius 1 is 1.12 bits per heavy atom. The molecule has 0 heterocycles. The first-order valence-corrected chi connectivity index (χ1v) is 5.25. The summed E-state index contributed by atoms with van der Waals surface area (Å²) in [4.78, 5) is 2.20. The standard InChI is InChI=1S/C13H19N3/c1-3-7-16(8-4-2)10-11-5-6-12(14)9-13(11)15/h3-6,9H,1-2,7-8,10,14-15H2. The smallest absolute Gasteiger partial charge is 0.0380 e. The summed E-state index contributed by atoms with van der Waals surface area (Å²) in [7, 11) is 0. The normalized spacial score (nSPS) is 10.3. The van der Waals surface area contributed by atoms with Crippen molar-refractivity contribution in [3.8, 4) is 0 Å². The molecular formula is C13H19N3. The van der Waals surface area contributed by atoms with E-state index < -0.39 is 0 Å². The highest BCUT2D eigenvalue weighted by molar-refractivity contribution is 5.56. The van der Waals surface area contributed by atoms with Crippen LogP contribution in [0.15, 0.2) is 43.5 Å². The molecule has 0 fully saturated rings. The minimum absolute atomic E-state index is 0.695. The van der Waals surface area contributed by atoms with Gasteiger partial charge in [-0.3, -0.25) is 4.90 Å². The predicted octanol–water partition coefficient (Wildman–Crippen LogP) is 2.02. The molecule has 0 amide bonds. The lowest BCUT2D eigenvalue weighted by molar-refractivity contribution is 0.328. The zero-order chi connectivity index (χ0) is 12.0. The number of anilines is 2. The summed E-state index contributed by atoms with van der Waals surface area (Å²) in [5.41, 5.74) is 14.1. The average molecular weight is 217 g/mol. The van der Waals surface area contributed by atoms with Crippen LogP contribution in [0.4, 0.5) is 11.4 Å².